The van der Waals surface area contributed by atoms with Gasteiger partial charge in [-0.1, -0.05) is 24.3 Å². The Balaban J connectivity index is 0.000000201. The summed E-state index contributed by atoms with van der Waals surface area (Å²) in [4.78, 5) is 8.69. The van der Waals surface area contributed by atoms with E-state index in [1.807, 2.05) is 85.9 Å². The summed E-state index contributed by atoms with van der Waals surface area (Å²) in [5, 5.41) is 0. The van der Waals surface area contributed by atoms with Crippen molar-refractivity contribution in [3.63, 3.8) is 0 Å². The van der Waals surface area contributed by atoms with Gasteiger partial charge in [-0.2, -0.15) is 0 Å². The molecule has 0 atom stereocenters. The van der Waals surface area contributed by atoms with Crippen LogP contribution in [0.2, 0.25) is 0 Å². The Labute approximate surface area is 213 Å². The molecule has 171 valence electrons. The molecule has 2 aromatic heterocycles. The summed E-state index contributed by atoms with van der Waals surface area (Å²) in [6.07, 6.45) is 3.64. The van der Waals surface area contributed by atoms with Crippen LogP contribution in [-0.4, -0.2) is 9.97 Å². The molecule has 0 saturated carbocycles. The van der Waals surface area contributed by atoms with Crippen molar-refractivity contribution >= 4 is 0 Å². The molecule has 34 heavy (non-hydrogen) atoms. The van der Waals surface area contributed by atoms with Crippen LogP contribution in [0.5, 0.6) is 0 Å². The van der Waals surface area contributed by atoms with E-state index in [2.05, 4.69) is 28.2 Å². The van der Waals surface area contributed by atoms with Gasteiger partial charge in [0.25, 0.3) is 0 Å². The number of hydrogen-bond acceptors (Lipinski definition) is 2. The molecule has 2 nitrogen and oxygen atoms in total. The van der Waals surface area contributed by atoms with Gasteiger partial charge in [-0.25, -0.2) is 4.39 Å². The second-order valence-corrected chi connectivity index (χ2v) is 7.67. The first-order chi connectivity index (χ1) is 16.1. The Bertz CT molecular complexity index is 1320. The van der Waals surface area contributed by atoms with Crippen LogP contribution in [0.25, 0.3) is 33.6 Å². The quantitative estimate of drug-likeness (QED) is 0.195. The van der Waals surface area contributed by atoms with Crippen molar-refractivity contribution in [1.82, 2.24) is 9.97 Å². The third kappa shape index (κ3) is 6.54. The van der Waals surface area contributed by atoms with E-state index < -0.39 is 0 Å². The summed E-state index contributed by atoms with van der Waals surface area (Å²) in [5.41, 5.74) is 7.68. The third-order valence-corrected chi connectivity index (χ3v) is 5.13. The van der Waals surface area contributed by atoms with Crippen molar-refractivity contribution in [2.45, 2.75) is 13.8 Å². The van der Waals surface area contributed by atoms with Gasteiger partial charge in [-0.3, -0.25) is 0 Å². The number of rotatable bonds is 3. The topological polar surface area (TPSA) is 25.8 Å². The van der Waals surface area contributed by atoms with Crippen LogP contribution in [0.1, 0.15) is 11.1 Å². The molecular formula is C30H23FIrN2-2. The zero-order valence-corrected chi connectivity index (χ0v) is 21.3. The second-order valence-electron chi connectivity index (χ2n) is 7.67. The van der Waals surface area contributed by atoms with Crippen molar-refractivity contribution in [1.29, 1.82) is 0 Å². The molecule has 0 aliphatic carbocycles. The van der Waals surface area contributed by atoms with Crippen molar-refractivity contribution < 1.29 is 24.5 Å². The molecule has 2 heterocycles. The van der Waals surface area contributed by atoms with Gasteiger partial charge in [-0.15, -0.1) is 71.8 Å². The van der Waals surface area contributed by atoms with Gasteiger partial charge in [0.15, 0.2) is 0 Å². The Morgan fingerprint density at radius 2 is 1.35 bits per heavy atom. The summed E-state index contributed by atoms with van der Waals surface area (Å²) in [5.74, 6) is -0.181. The number of halogens is 1. The van der Waals surface area contributed by atoms with Gasteiger partial charge in [0.05, 0.1) is 0 Å². The van der Waals surface area contributed by atoms with E-state index in [0.29, 0.717) is 5.56 Å². The number of hydrogen-bond donors (Lipinski definition) is 0. The molecule has 0 amide bonds. The average Bonchev–Trinajstić information content (AvgIpc) is 2.88. The Hall–Kier alpha value is -3.46. The first-order valence-electron chi connectivity index (χ1n) is 10.7. The van der Waals surface area contributed by atoms with Crippen LogP contribution in [0.4, 0.5) is 4.39 Å². The number of aromatic nitrogens is 2. The van der Waals surface area contributed by atoms with E-state index in [1.54, 1.807) is 19.2 Å². The van der Waals surface area contributed by atoms with Gasteiger partial charge in [0, 0.05) is 32.5 Å². The zero-order chi connectivity index (χ0) is 23.0. The molecule has 0 aliphatic heterocycles. The molecule has 0 N–H and O–H groups in total. The number of benzene rings is 3. The van der Waals surface area contributed by atoms with Gasteiger partial charge in [0.1, 0.15) is 5.82 Å². The minimum absolute atomic E-state index is 0. The first-order valence-corrected chi connectivity index (χ1v) is 10.7. The fourth-order valence-corrected chi connectivity index (χ4v) is 3.31. The SMILES string of the molecule is Cc1cc(-c2ccnc(-c3[c-]cccc3)c2)ccc1F.Cc1ccc(-c2[c-]cccc2)nc1.[Ir]. The van der Waals surface area contributed by atoms with Crippen molar-refractivity contribution in [2.75, 3.05) is 0 Å². The largest absolute Gasteiger partial charge is 0.305 e. The Kier molecular flexibility index (Phi) is 8.98. The number of pyridine rings is 2. The van der Waals surface area contributed by atoms with E-state index in [0.717, 1.165) is 33.6 Å². The molecule has 1 radical (unpaired) electrons. The Morgan fingerprint density at radius 1 is 0.676 bits per heavy atom. The predicted molar refractivity (Wildman–Crippen MR) is 132 cm³/mol. The fraction of sp³-hybridized carbons (Fsp3) is 0.0667. The van der Waals surface area contributed by atoms with E-state index in [4.69, 9.17) is 0 Å². The molecule has 0 spiro atoms. The van der Waals surface area contributed by atoms with Crippen molar-refractivity contribution in [2.24, 2.45) is 0 Å². The van der Waals surface area contributed by atoms with Crippen LogP contribution in [0.3, 0.4) is 0 Å². The van der Waals surface area contributed by atoms with Gasteiger partial charge in [0.2, 0.25) is 0 Å². The van der Waals surface area contributed by atoms with E-state index in [1.165, 1.54) is 11.6 Å². The second kappa shape index (κ2) is 12.1. The van der Waals surface area contributed by atoms with Crippen LogP contribution < -0.4 is 0 Å². The van der Waals surface area contributed by atoms with E-state index in [-0.39, 0.29) is 25.9 Å². The molecule has 0 bridgehead atoms. The Morgan fingerprint density at radius 3 is 1.94 bits per heavy atom. The maximum absolute atomic E-state index is 13.3. The molecule has 4 heteroatoms. The summed E-state index contributed by atoms with van der Waals surface area (Å²) in [7, 11) is 0. The van der Waals surface area contributed by atoms with Crippen molar-refractivity contribution in [3.05, 3.63) is 132 Å². The maximum atomic E-state index is 13.3. The molecule has 3 aromatic carbocycles. The molecular weight excluding hydrogens is 600 g/mol. The molecule has 0 aliphatic rings. The van der Waals surface area contributed by atoms with Gasteiger partial charge < -0.3 is 9.97 Å². The number of aryl methyl sites for hydroxylation is 2. The maximum Gasteiger partial charge on any atom is 0.126 e. The first kappa shape index (κ1) is 25.2. The van der Waals surface area contributed by atoms with Crippen LogP contribution in [-0.2, 0) is 20.1 Å². The van der Waals surface area contributed by atoms with Crippen LogP contribution in [0, 0.1) is 31.8 Å². The van der Waals surface area contributed by atoms with Gasteiger partial charge in [-0.05, 0) is 65.7 Å². The zero-order valence-electron chi connectivity index (χ0n) is 18.9. The normalized spacial score (nSPS) is 9.97. The molecule has 0 unspecified atom stereocenters. The molecule has 0 saturated heterocycles. The van der Waals surface area contributed by atoms with Crippen LogP contribution in [0.15, 0.2) is 103 Å². The molecule has 0 fully saturated rings. The summed E-state index contributed by atoms with van der Waals surface area (Å²) in [6, 6.07) is 35.0. The van der Waals surface area contributed by atoms with E-state index >= 15 is 0 Å². The average molecular weight is 623 g/mol. The number of nitrogens with zero attached hydrogens (tertiary/aromatic N) is 2. The summed E-state index contributed by atoms with van der Waals surface area (Å²) in [6.45, 7) is 3.80. The molecule has 5 rings (SSSR count). The summed E-state index contributed by atoms with van der Waals surface area (Å²) < 4.78 is 13.3. The minimum atomic E-state index is -0.181. The third-order valence-electron chi connectivity index (χ3n) is 5.13. The van der Waals surface area contributed by atoms with Gasteiger partial charge >= 0.3 is 0 Å². The smallest absolute Gasteiger partial charge is 0.126 e. The fourth-order valence-electron chi connectivity index (χ4n) is 3.31. The monoisotopic (exact) mass is 623 g/mol. The minimum Gasteiger partial charge on any atom is -0.305 e. The van der Waals surface area contributed by atoms with E-state index in [9.17, 15) is 4.39 Å². The van der Waals surface area contributed by atoms with Crippen molar-refractivity contribution in [3.8, 4) is 33.6 Å². The predicted octanol–water partition coefficient (Wildman–Crippen LogP) is 7.52. The van der Waals surface area contributed by atoms with Crippen LogP contribution >= 0.6 is 0 Å². The summed E-state index contributed by atoms with van der Waals surface area (Å²) >= 11 is 0. The standard InChI is InChI=1S/C18H13FN.C12H10N.Ir/c1-13-11-15(7-8-17(13)19)16-9-10-20-18(12-16)14-5-3-2-4-6-14;1-10-7-8-12(13-9-10)11-5-3-2-4-6-11;/h2-5,7-12H,1H3;2-5,7-9H,1H3;/q2*-1;. The molecule has 5 aromatic rings.